The zero-order chi connectivity index (χ0) is 20.9. The normalized spacial score (nSPS) is 25.2. The molecule has 1 N–H and O–H groups in total. The molecule has 154 valence electrons. The van der Waals surface area contributed by atoms with Crippen LogP contribution in [-0.4, -0.2) is 46.5 Å². The van der Waals surface area contributed by atoms with Crippen molar-refractivity contribution in [3.8, 4) is 0 Å². The lowest BCUT2D eigenvalue weighted by Gasteiger charge is -2.26. The molecule has 0 saturated carbocycles. The van der Waals surface area contributed by atoms with Gasteiger partial charge in [-0.05, 0) is 30.0 Å². The van der Waals surface area contributed by atoms with Gasteiger partial charge in [-0.1, -0.05) is 42.5 Å². The molecule has 2 atom stereocenters. The van der Waals surface area contributed by atoms with E-state index in [2.05, 4.69) is 5.32 Å². The number of fused-ring (bicyclic) bond motifs is 2. The second kappa shape index (κ2) is 7.12. The number of thioether (sulfide) groups is 1. The van der Waals surface area contributed by atoms with Crippen LogP contribution in [0.1, 0.15) is 28.5 Å². The smallest absolute Gasteiger partial charge is 0.324 e. The van der Waals surface area contributed by atoms with Crippen LogP contribution in [0.3, 0.4) is 0 Å². The van der Waals surface area contributed by atoms with Crippen molar-refractivity contribution in [2.24, 2.45) is 0 Å². The van der Waals surface area contributed by atoms with Gasteiger partial charge in [-0.2, -0.15) is 0 Å². The van der Waals surface area contributed by atoms with Crippen LogP contribution in [0.2, 0.25) is 0 Å². The summed E-state index contributed by atoms with van der Waals surface area (Å²) in [5.74, 6) is -0.450. The third kappa shape index (κ3) is 2.81. The number of hydrogen-bond acceptors (Lipinski definition) is 4. The van der Waals surface area contributed by atoms with Gasteiger partial charge in [-0.15, -0.1) is 11.8 Å². The SMILES string of the molecule is O=C1N[C@@]2(CCc3ccccc32)C(=O)N1CC(=O)N1CCS[C@H]1c1ccccc1F. The van der Waals surface area contributed by atoms with Gasteiger partial charge in [0, 0.05) is 17.9 Å². The quantitative estimate of drug-likeness (QED) is 0.768. The Bertz CT molecular complexity index is 1060. The van der Waals surface area contributed by atoms with Gasteiger partial charge in [0.2, 0.25) is 5.91 Å². The molecule has 2 fully saturated rings. The molecule has 3 aliphatic rings. The van der Waals surface area contributed by atoms with E-state index in [1.807, 2.05) is 24.3 Å². The van der Waals surface area contributed by atoms with Crippen LogP contribution in [-0.2, 0) is 21.5 Å². The molecule has 0 aromatic heterocycles. The van der Waals surface area contributed by atoms with Crippen LogP contribution in [0.25, 0.3) is 0 Å². The fraction of sp³-hybridized carbons (Fsp3) is 0.318. The van der Waals surface area contributed by atoms with Gasteiger partial charge < -0.3 is 10.2 Å². The van der Waals surface area contributed by atoms with E-state index in [1.165, 1.54) is 17.8 Å². The van der Waals surface area contributed by atoms with Crippen molar-refractivity contribution < 1.29 is 18.8 Å². The van der Waals surface area contributed by atoms with Crippen molar-refractivity contribution in [3.63, 3.8) is 0 Å². The van der Waals surface area contributed by atoms with Gasteiger partial charge in [-0.25, -0.2) is 9.18 Å². The van der Waals surface area contributed by atoms with Gasteiger partial charge in [0.25, 0.3) is 5.91 Å². The summed E-state index contributed by atoms with van der Waals surface area (Å²) in [6.07, 6.45) is 1.18. The first-order valence-corrected chi connectivity index (χ1v) is 10.9. The van der Waals surface area contributed by atoms with Crippen molar-refractivity contribution in [2.45, 2.75) is 23.8 Å². The third-order valence-electron chi connectivity index (χ3n) is 6.10. The van der Waals surface area contributed by atoms with E-state index < -0.39 is 16.9 Å². The monoisotopic (exact) mass is 425 g/mol. The molecule has 2 aromatic carbocycles. The molecule has 2 saturated heterocycles. The number of carbonyl (C=O) groups is 3. The van der Waals surface area contributed by atoms with Crippen molar-refractivity contribution in [3.05, 3.63) is 71.0 Å². The Kier molecular flexibility index (Phi) is 4.54. The highest BCUT2D eigenvalue weighted by molar-refractivity contribution is 7.99. The Morgan fingerprint density at radius 1 is 1.17 bits per heavy atom. The Hall–Kier alpha value is -2.87. The molecular formula is C22H20FN3O3S. The van der Waals surface area contributed by atoms with Crippen molar-refractivity contribution in [1.82, 2.24) is 15.1 Å². The van der Waals surface area contributed by atoms with Gasteiger partial charge in [0.15, 0.2) is 0 Å². The second-order valence-corrected chi connectivity index (χ2v) is 8.90. The highest BCUT2D eigenvalue weighted by atomic mass is 32.2. The van der Waals surface area contributed by atoms with E-state index in [0.717, 1.165) is 16.0 Å². The predicted octanol–water partition coefficient (Wildman–Crippen LogP) is 2.79. The first kappa shape index (κ1) is 19.1. The molecule has 0 unspecified atom stereocenters. The van der Waals surface area contributed by atoms with Crippen molar-refractivity contribution in [2.75, 3.05) is 18.8 Å². The average molecular weight is 425 g/mol. The Labute approximate surface area is 177 Å². The molecule has 1 aliphatic carbocycles. The summed E-state index contributed by atoms with van der Waals surface area (Å²) in [5, 5.41) is 2.38. The third-order valence-corrected chi connectivity index (χ3v) is 7.34. The molecule has 2 aromatic rings. The molecule has 4 amide bonds. The molecule has 2 heterocycles. The number of imide groups is 1. The molecule has 0 bridgehead atoms. The van der Waals surface area contributed by atoms with Gasteiger partial charge in [0.05, 0.1) is 0 Å². The summed E-state index contributed by atoms with van der Waals surface area (Å²) in [6.45, 7) is 0.0974. The zero-order valence-electron chi connectivity index (χ0n) is 16.1. The number of nitrogens with one attached hydrogen (secondary N) is 1. The molecule has 0 radical (unpaired) electrons. The van der Waals surface area contributed by atoms with Crippen LogP contribution in [0.4, 0.5) is 9.18 Å². The van der Waals surface area contributed by atoms with Gasteiger partial charge in [-0.3, -0.25) is 14.5 Å². The molecule has 5 rings (SSSR count). The predicted molar refractivity (Wildman–Crippen MR) is 110 cm³/mol. The van der Waals surface area contributed by atoms with Crippen LogP contribution in [0.15, 0.2) is 48.5 Å². The molecule has 6 nitrogen and oxygen atoms in total. The molecule has 30 heavy (non-hydrogen) atoms. The fourth-order valence-electron chi connectivity index (χ4n) is 4.62. The summed E-state index contributed by atoms with van der Waals surface area (Å²) >= 11 is 1.48. The maximum absolute atomic E-state index is 14.3. The Morgan fingerprint density at radius 2 is 1.93 bits per heavy atom. The number of hydrogen-bond donors (Lipinski definition) is 1. The molecule has 1 spiro atoms. The van der Waals surface area contributed by atoms with Crippen molar-refractivity contribution >= 4 is 29.6 Å². The zero-order valence-corrected chi connectivity index (χ0v) is 17.0. The average Bonchev–Trinajstić information content (AvgIpc) is 3.43. The number of benzene rings is 2. The summed E-state index contributed by atoms with van der Waals surface area (Å²) < 4.78 is 14.3. The molecule has 2 aliphatic heterocycles. The first-order valence-electron chi connectivity index (χ1n) is 9.89. The number of carbonyl (C=O) groups excluding carboxylic acids is 3. The largest absolute Gasteiger partial charge is 0.325 e. The van der Waals surface area contributed by atoms with Crippen LogP contribution in [0, 0.1) is 5.82 Å². The van der Waals surface area contributed by atoms with Crippen LogP contribution in [0.5, 0.6) is 0 Å². The number of amides is 4. The van der Waals surface area contributed by atoms with E-state index in [4.69, 9.17) is 0 Å². The number of rotatable bonds is 3. The number of urea groups is 1. The highest BCUT2D eigenvalue weighted by Gasteiger charge is 2.55. The lowest BCUT2D eigenvalue weighted by Crippen LogP contribution is -2.44. The Balaban J connectivity index is 1.37. The van der Waals surface area contributed by atoms with Crippen molar-refractivity contribution in [1.29, 1.82) is 0 Å². The van der Waals surface area contributed by atoms with E-state index >= 15 is 0 Å². The Morgan fingerprint density at radius 3 is 2.77 bits per heavy atom. The minimum atomic E-state index is -1.08. The lowest BCUT2D eigenvalue weighted by atomic mass is 9.92. The standard InChI is InChI=1S/C22H20FN3O3S/c23-17-8-4-2-6-15(17)19-25(11-12-30-19)18(27)13-26-20(28)22(24-21(26)29)10-9-14-5-1-3-7-16(14)22/h1-8,19H,9-13H2,(H,24,29)/t19-,22+/m0/s1. The highest BCUT2D eigenvalue weighted by Crippen LogP contribution is 2.42. The van der Waals surface area contributed by atoms with E-state index in [-0.39, 0.29) is 24.2 Å². The number of halogens is 1. The summed E-state index contributed by atoms with van der Waals surface area (Å²) in [4.78, 5) is 41.5. The van der Waals surface area contributed by atoms with Gasteiger partial charge in [0.1, 0.15) is 23.3 Å². The summed E-state index contributed by atoms with van der Waals surface area (Å²) in [6, 6.07) is 13.4. The van der Waals surface area contributed by atoms with E-state index in [0.29, 0.717) is 30.7 Å². The summed E-state index contributed by atoms with van der Waals surface area (Å²) in [5.41, 5.74) is 1.19. The van der Waals surface area contributed by atoms with Gasteiger partial charge >= 0.3 is 6.03 Å². The maximum atomic E-state index is 14.3. The topological polar surface area (TPSA) is 69.7 Å². The first-order chi connectivity index (χ1) is 14.5. The molecular weight excluding hydrogens is 405 g/mol. The van der Waals surface area contributed by atoms with E-state index in [1.54, 1.807) is 23.1 Å². The lowest BCUT2D eigenvalue weighted by molar-refractivity contribution is -0.139. The summed E-state index contributed by atoms with van der Waals surface area (Å²) in [7, 11) is 0. The minimum absolute atomic E-state index is 0.347. The second-order valence-electron chi connectivity index (χ2n) is 7.72. The number of aryl methyl sites for hydroxylation is 1. The fourth-order valence-corrected chi connectivity index (χ4v) is 5.92. The maximum Gasteiger partial charge on any atom is 0.325 e. The minimum Gasteiger partial charge on any atom is -0.324 e. The van der Waals surface area contributed by atoms with Crippen LogP contribution >= 0.6 is 11.8 Å². The number of nitrogens with zero attached hydrogens (tertiary/aromatic N) is 2. The van der Waals surface area contributed by atoms with Crippen LogP contribution < -0.4 is 5.32 Å². The van der Waals surface area contributed by atoms with E-state index in [9.17, 15) is 18.8 Å². The molecule has 8 heteroatoms.